The Hall–Kier alpha value is -2.74. The molecular formula is C18H22N6OS. The molecule has 0 bridgehead atoms. The molecule has 0 unspecified atom stereocenters. The molecule has 3 aromatic rings. The summed E-state index contributed by atoms with van der Waals surface area (Å²) in [4.78, 5) is 18.1. The third kappa shape index (κ3) is 3.60. The van der Waals surface area contributed by atoms with Gasteiger partial charge in [0.25, 0.3) is 0 Å². The zero-order valence-corrected chi connectivity index (χ0v) is 16.3. The van der Waals surface area contributed by atoms with E-state index < -0.39 is 0 Å². The fourth-order valence-electron chi connectivity index (χ4n) is 2.91. The smallest absolute Gasteiger partial charge is 0.319 e. The van der Waals surface area contributed by atoms with Crippen molar-refractivity contribution in [3.05, 3.63) is 45.7 Å². The van der Waals surface area contributed by atoms with Crippen molar-refractivity contribution in [2.24, 2.45) is 7.05 Å². The summed E-state index contributed by atoms with van der Waals surface area (Å²) in [5.74, 6) is 0.758. The summed E-state index contributed by atoms with van der Waals surface area (Å²) >= 11 is 1.63. The van der Waals surface area contributed by atoms with Crippen molar-refractivity contribution >= 4 is 23.1 Å². The number of hydrogen-bond acceptors (Lipinski definition) is 5. The Morgan fingerprint density at radius 1 is 1.27 bits per heavy atom. The van der Waals surface area contributed by atoms with E-state index in [1.807, 2.05) is 57.5 Å². The van der Waals surface area contributed by atoms with Gasteiger partial charge in [0.15, 0.2) is 5.82 Å². The minimum atomic E-state index is -0.263. The fraction of sp³-hybridized carbons (Fsp3) is 0.333. The van der Waals surface area contributed by atoms with Crippen LogP contribution in [0, 0.1) is 20.8 Å². The molecule has 136 valence electrons. The Balaban J connectivity index is 1.76. The van der Waals surface area contributed by atoms with Crippen molar-refractivity contribution in [1.82, 2.24) is 25.1 Å². The number of aryl methyl sites for hydroxylation is 3. The number of amides is 2. The first-order valence-corrected chi connectivity index (χ1v) is 9.14. The molecule has 1 aromatic carbocycles. The Morgan fingerprint density at radius 3 is 2.65 bits per heavy atom. The van der Waals surface area contributed by atoms with Crippen LogP contribution < -0.4 is 10.6 Å². The van der Waals surface area contributed by atoms with Crippen LogP contribution in [0.4, 0.5) is 10.5 Å². The third-order valence-electron chi connectivity index (χ3n) is 4.23. The number of hydrogen-bond donors (Lipinski definition) is 2. The van der Waals surface area contributed by atoms with Crippen molar-refractivity contribution in [3.63, 3.8) is 0 Å². The van der Waals surface area contributed by atoms with Gasteiger partial charge in [0.2, 0.25) is 0 Å². The Labute approximate surface area is 156 Å². The SMILES string of the molecule is Cc1nc([C@H](C)NC(=O)Nc2cccc(-c3nncn3C)c2C)c(C)s1. The molecule has 2 N–H and O–H groups in total. The maximum Gasteiger partial charge on any atom is 0.319 e. The average Bonchev–Trinajstić information content (AvgIpc) is 3.14. The van der Waals surface area contributed by atoms with Gasteiger partial charge < -0.3 is 15.2 Å². The standard InChI is InChI=1S/C18H22N6OS/c1-10-14(17-23-19-9-24(17)5)7-6-8-15(10)22-18(25)20-11(2)16-12(3)26-13(4)21-16/h6-9,11H,1-5H3,(H2,20,22,25)/t11-/m0/s1. The number of thiazole rings is 1. The van der Waals surface area contributed by atoms with Crippen molar-refractivity contribution in [2.75, 3.05) is 5.32 Å². The lowest BCUT2D eigenvalue weighted by atomic mass is 10.1. The zero-order valence-electron chi connectivity index (χ0n) is 15.5. The first-order valence-electron chi connectivity index (χ1n) is 8.32. The fourth-order valence-corrected chi connectivity index (χ4v) is 3.82. The summed E-state index contributed by atoms with van der Waals surface area (Å²) in [7, 11) is 1.89. The molecule has 0 radical (unpaired) electrons. The Kier molecular flexibility index (Phi) is 5.03. The van der Waals surface area contributed by atoms with Gasteiger partial charge in [-0.05, 0) is 39.3 Å². The highest BCUT2D eigenvalue weighted by Gasteiger charge is 2.17. The summed E-state index contributed by atoms with van der Waals surface area (Å²) in [6.45, 7) is 7.88. The molecule has 0 spiro atoms. The molecule has 1 atom stereocenters. The second kappa shape index (κ2) is 7.25. The van der Waals surface area contributed by atoms with Crippen LogP contribution in [0.15, 0.2) is 24.5 Å². The summed E-state index contributed by atoms with van der Waals surface area (Å²) in [5, 5.41) is 14.9. The van der Waals surface area contributed by atoms with Crippen LogP contribution in [0.3, 0.4) is 0 Å². The highest BCUT2D eigenvalue weighted by atomic mass is 32.1. The molecule has 7 nitrogen and oxygen atoms in total. The predicted octanol–water partition coefficient (Wildman–Crippen LogP) is 3.75. The van der Waals surface area contributed by atoms with Crippen molar-refractivity contribution < 1.29 is 4.79 Å². The van der Waals surface area contributed by atoms with Crippen LogP contribution in [0.1, 0.15) is 34.1 Å². The lowest BCUT2D eigenvalue weighted by molar-refractivity contribution is 0.249. The molecule has 0 aliphatic carbocycles. The number of aromatic nitrogens is 4. The third-order valence-corrected chi connectivity index (χ3v) is 5.13. The number of anilines is 1. The maximum absolute atomic E-state index is 12.5. The normalized spacial score (nSPS) is 12.0. The van der Waals surface area contributed by atoms with Gasteiger partial charge in [-0.25, -0.2) is 9.78 Å². The summed E-state index contributed by atoms with van der Waals surface area (Å²) in [5.41, 5.74) is 3.52. The predicted molar refractivity (Wildman–Crippen MR) is 103 cm³/mol. The van der Waals surface area contributed by atoms with E-state index in [0.717, 1.165) is 38.2 Å². The van der Waals surface area contributed by atoms with E-state index in [2.05, 4.69) is 25.8 Å². The van der Waals surface area contributed by atoms with E-state index in [4.69, 9.17) is 0 Å². The molecule has 0 aliphatic rings. The van der Waals surface area contributed by atoms with E-state index in [1.165, 1.54) is 0 Å². The second-order valence-corrected chi connectivity index (χ2v) is 7.65. The van der Waals surface area contributed by atoms with Crippen molar-refractivity contribution in [2.45, 2.75) is 33.7 Å². The Bertz CT molecular complexity index is 945. The number of nitrogens with one attached hydrogen (secondary N) is 2. The lowest BCUT2D eigenvalue weighted by Gasteiger charge is -2.16. The summed E-state index contributed by atoms with van der Waals surface area (Å²) in [6.07, 6.45) is 1.65. The van der Waals surface area contributed by atoms with Gasteiger partial charge in [-0.3, -0.25) is 0 Å². The lowest BCUT2D eigenvalue weighted by Crippen LogP contribution is -2.31. The van der Waals surface area contributed by atoms with E-state index in [1.54, 1.807) is 17.7 Å². The number of nitrogens with zero attached hydrogens (tertiary/aromatic N) is 4. The quantitative estimate of drug-likeness (QED) is 0.732. The minimum absolute atomic E-state index is 0.165. The van der Waals surface area contributed by atoms with Crippen LogP contribution >= 0.6 is 11.3 Å². The van der Waals surface area contributed by atoms with E-state index in [0.29, 0.717) is 0 Å². The molecule has 2 amide bonds. The molecule has 0 aliphatic heterocycles. The van der Waals surface area contributed by atoms with Gasteiger partial charge >= 0.3 is 6.03 Å². The molecule has 0 fully saturated rings. The number of carbonyl (C=O) groups excluding carboxylic acids is 1. The van der Waals surface area contributed by atoms with Crippen molar-refractivity contribution in [1.29, 1.82) is 0 Å². The van der Waals surface area contributed by atoms with Gasteiger partial charge in [-0.15, -0.1) is 21.5 Å². The number of benzene rings is 1. The van der Waals surface area contributed by atoms with Crippen LogP contribution in [-0.2, 0) is 7.05 Å². The van der Waals surface area contributed by atoms with Crippen LogP contribution in [0.5, 0.6) is 0 Å². The van der Waals surface area contributed by atoms with Gasteiger partial charge in [0.1, 0.15) is 6.33 Å². The van der Waals surface area contributed by atoms with E-state index >= 15 is 0 Å². The molecule has 2 aromatic heterocycles. The number of rotatable bonds is 4. The Morgan fingerprint density at radius 2 is 2.04 bits per heavy atom. The monoisotopic (exact) mass is 370 g/mol. The number of urea groups is 1. The largest absolute Gasteiger partial charge is 0.330 e. The average molecular weight is 370 g/mol. The number of carbonyl (C=O) groups is 1. The molecular weight excluding hydrogens is 348 g/mol. The molecule has 0 saturated carbocycles. The van der Waals surface area contributed by atoms with E-state index in [-0.39, 0.29) is 12.1 Å². The highest BCUT2D eigenvalue weighted by molar-refractivity contribution is 7.11. The first-order chi connectivity index (χ1) is 12.4. The molecule has 2 heterocycles. The van der Waals surface area contributed by atoms with Gasteiger partial charge in [0.05, 0.1) is 16.7 Å². The molecule has 8 heteroatoms. The first kappa shape index (κ1) is 18.1. The van der Waals surface area contributed by atoms with Crippen LogP contribution in [0.25, 0.3) is 11.4 Å². The van der Waals surface area contributed by atoms with Crippen LogP contribution in [-0.4, -0.2) is 25.8 Å². The second-order valence-electron chi connectivity index (χ2n) is 6.24. The summed E-state index contributed by atoms with van der Waals surface area (Å²) < 4.78 is 1.85. The summed E-state index contributed by atoms with van der Waals surface area (Å²) in [6, 6.07) is 5.30. The molecule has 0 saturated heterocycles. The van der Waals surface area contributed by atoms with Crippen LogP contribution in [0.2, 0.25) is 0 Å². The van der Waals surface area contributed by atoms with Gasteiger partial charge in [-0.2, -0.15) is 0 Å². The van der Waals surface area contributed by atoms with Crippen molar-refractivity contribution in [3.8, 4) is 11.4 Å². The van der Waals surface area contributed by atoms with E-state index in [9.17, 15) is 4.79 Å². The molecule has 3 rings (SSSR count). The minimum Gasteiger partial charge on any atom is -0.330 e. The van der Waals surface area contributed by atoms with Gasteiger partial charge in [0, 0.05) is 23.2 Å². The molecule has 26 heavy (non-hydrogen) atoms. The zero-order chi connectivity index (χ0) is 18.8. The van der Waals surface area contributed by atoms with Gasteiger partial charge in [-0.1, -0.05) is 12.1 Å². The maximum atomic E-state index is 12.5. The highest BCUT2D eigenvalue weighted by Crippen LogP contribution is 2.27. The topological polar surface area (TPSA) is 84.7 Å².